The van der Waals surface area contributed by atoms with Crippen molar-refractivity contribution in [1.82, 2.24) is 15.1 Å². The number of aromatic nitrogens is 2. The van der Waals surface area contributed by atoms with E-state index in [1.54, 1.807) is 0 Å². The maximum absolute atomic E-state index is 5.87. The minimum absolute atomic E-state index is 0.124. The Hall–Kier alpha value is -0.910. The van der Waals surface area contributed by atoms with Gasteiger partial charge in [-0.3, -0.25) is 4.68 Å². The van der Waals surface area contributed by atoms with E-state index < -0.39 is 0 Å². The SMILES string of the molecule is CCn1cc(CC(NC)C2(OC)CCOCC2)cn1. The van der Waals surface area contributed by atoms with Crippen LogP contribution >= 0.6 is 0 Å². The molecule has 5 nitrogen and oxygen atoms in total. The summed E-state index contributed by atoms with van der Waals surface area (Å²) in [6.45, 7) is 4.56. The highest BCUT2D eigenvalue weighted by molar-refractivity contribution is 5.10. The molecule has 1 fully saturated rings. The topological polar surface area (TPSA) is 48.3 Å². The lowest BCUT2D eigenvalue weighted by atomic mass is 9.83. The van der Waals surface area contributed by atoms with Crippen molar-refractivity contribution in [3.63, 3.8) is 0 Å². The molecule has 5 heteroatoms. The molecule has 1 N–H and O–H groups in total. The molecule has 1 aromatic heterocycles. The third-order valence-electron chi connectivity index (χ3n) is 4.18. The molecule has 1 aromatic rings. The van der Waals surface area contributed by atoms with Gasteiger partial charge in [-0.05, 0) is 26.0 Å². The Kier molecular flexibility index (Phi) is 4.96. The Balaban J connectivity index is 2.09. The molecule has 0 aliphatic carbocycles. The van der Waals surface area contributed by atoms with Gasteiger partial charge in [0.05, 0.1) is 11.8 Å². The molecule has 0 radical (unpaired) electrons. The lowest BCUT2D eigenvalue weighted by Gasteiger charge is -2.42. The molecule has 2 heterocycles. The summed E-state index contributed by atoms with van der Waals surface area (Å²) in [6, 6.07) is 0.288. The van der Waals surface area contributed by atoms with Crippen molar-refractivity contribution in [3.05, 3.63) is 18.0 Å². The second-order valence-corrected chi connectivity index (χ2v) is 5.13. The molecule has 108 valence electrons. The van der Waals surface area contributed by atoms with Crippen molar-refractivity contribution in [1.29, 1.82) is 0 Å². The monoisotopic (exact) mass is 267 g/mol. The van der Waals surface area contributed by atoms with Gasteiger partial charge in [0.1, 0.15) is 0 Å². The highest BCUT2D eigenvalue weighted by Gasteiger charge is 2.39. The number of nitrogens with one attached hydrogen (secondary N) is 1. The lowest BCUT2D eigenvalue weighted by molar-refractivity contribution is -0.109. The predicted octanol–water partition coefficient (Wildman–Crippen LogP) is 1.23. The molecule has 1 aliphatic rings. The van der Waals surface area contributed by atoms with Gasteiger partial charge >= 0.3 is 0 Å². The normalized spacial score (nSPS) is 20.4. The van der Waals surface area contributed by atoms with E-state index in [-0.39, 0.29) is 11.6 Å². The molecule has 2 rings (SSSR count). The molecule has 0 saturated carbocycles. The molecule has 0 aromatic carbocycles. The van der Waals surface area contributed by atoms with Gasteiger partial charge in [0.2, 0.25) is 0 Å². The molecular formula is C14H25N3O2. The summed E-state index contributed by atoms with van der Waals surface area (Å²) in [5.74, 6) is 0. The van der Waals surface area contributed by atoms with E-state index in [1.165, 1.54) is 5.56 Å². The number of nitrogens with zero attached hydrogens (tertiary/aromatic N) is 2. The summed E-state index contributed by atoms with van der Waals surface area (Å²) in [4.78, 5) is 0. The minimum Gasteiger partial charge on any atom is -0.381 e. The zero-order chi connectivity index (χ0) is 13.7. The van der Waals surface area contributed by atoms with Crippen LogP contribution in [0.25, 0.3) is 0 Å². The Morgan fingerprint density at radius 3 is 2.79 bits per heavy atom. The van der Waals surface area contributed by atoms with E-state index in [9.17, 15) is 0 Å². The number of likely N-dealkylation sites (N-methyl/N-ethyl adjacent to an activating group) is 1. The molecule has 19 heavy (non-hydrogen) atoms. The second-order valence-electron chi connectivity index (χ2n) is 5.13. The Morgan fingerprint density at radius 2 is 2.26 bits per heavy atom. The third kappa shape index (κ3) is 3.16. The maximum Gasteiger partial charge on any atom is 0.0877 e. The first kappa shape index (κ1) is 14.5. The molecule has 1 saturated heterocycles. The fourth-order valence-electron chi connectivity index (χ4n) is 2.88. The van der Waals surface area contributed by atoms with Crippen molar-refractivity contribution >= 4 is 0 Å². The van der Waals surface area contributed by atoms with Crippen LogP contribution in [0.4, 0.5) is 0 Å². The van der Waals surface area contributed by atoms with E-state index in [0.29, 0.717) is 0 Å². The first-order valence-electron chi connectivity index (χ1n) is 7.05. The van der Waals surface area contributed by atoms with Gasteiger partial charge in [0, 0.05) is 51.9 Å². The Labute approximate surface area is 115 Å². The van der Waals surface area contributed by atoms with Gasteiger partial charge in [-0.15, -0.1) is 0 Å². The zero-order valence-corrected chi connectivity index (χ0v) is 12.2. The van der Waals surface area contributed by atoms with Crippen LogP contribution in [0.15, 0.2) is 12.4 Å². The number of rotatable bonds is 6. The van der Waals surface area contributed by atoms with Crippen molar-refractivity contribution in [2.24, 2.45) is 0 Å². The first-order valence-corrected chi connectivity index (χ1v) is 7.05. The van der Waals surface area contributed by atoms with Crippen LogP contribution in [0, 0.1) is 0 Å². The standard InChI is InChI=1S/C14H25N3O2/c1-4-17-11-12(10-16-17)9-13(15-2)14(18-3)5-7-19-8-6-14/h10-11,13,15H,4-9H2,1-3H3. The van der Waals surface area contributed by atoms with Gasteiger partial charge < -0.3 is 14.8 Å². The van der Waals surface area contributed by atoms with Gasteiger partial charge in [0.15, 0.2) is 0 Å². The molecule has 1 unspecified atom stereocenters. The van der Waals surface area contributed by atoms with E-state index >= 15 is 0 Å². The fraction of sp³-hybridized carbons (Fsp3) is 0.786. The summed E-state index contributed by atoms with van der Waals surface area (Å²) in [6.07, 6.45) is 6.89. The number of hydrogen-bond donors (Lipinski definition) is 1. The van der Waals surface area contributed by atoms with Crippen molar-refractivity contribution in [2.75, 3.05) is 27.4 Å². The third-order valence-corrected chi connectivity index (χ3v) is 4.18. The van der Waals surface area contributed by atoms with Crippen molar-refractivity contribution in [3.8, 4) is 0 Å². The molecular weight excluding hydrogens is 242 g/mol. The molecule has 0 amide bonds. The fourth-order valence-corrected chi connectivity index (χ4v) is 2.88. The Bertz CT molecular complexity index is 386. The highest BCUT2D eigenvalue weighted by Crippen LogP contribution is 2.30. The second kappa shape index (κ2) is 6.50. The van der Waals surface area contributed by atoms with Crippen LogP contribution in [0.3, 0.4) is 0 Å². The average Bonchev–Trinajstić information content (AvgIpc) is 2.93. The number of ether oxygens (including phenoxy) is 2. The Morgan fingerprint density at radius 1 is 1.53 bits per heavy atom. The predicted molar refractivity (Wildman–Crippen MR) is 74.2 cm³/mol. The quantitative estimate of drug-likeness (QED) is 0.842. The smallest absolute Gasteiger partial charge is 0.0877 e. The van der Waals surface area contributed by atoms with E-state index in [0.717, 1.165) is 39.0 Å². The van der Waals surface area contributed by atoms with Gasteiger partial charge in [0.25, 0.3) is 0 Å². The number of hydrogen-bond acceptors (Lipinski definition) is 4. The largest absolute Gasteiger partial charge is 0.381 e. The van der Waals surface area contributed by atoms with E-state index in [2.05, 4.69) is 23.5 Å². The minimum atomic E-state index is -0.124. The molecule has 1 aliphatic heterocycles. The zero-order valence-electron chi connectivity index (χ0n) is 12.2. The molecule has 0 bridgehead atoms. The van der Waals surface area contributed by atoms with Crippen LogP contribution in [0.5, 0.6) is 0 Å². The first-order chi connectivity index (χ1) is 9.24. The molecule has 1 atom stereocenters. The van der Waals surface area contributed by atoms with Crippen LogP contribution in [0.2, 0.25) is 0 Å². The maximum atomic E-state index is 5.87. The summed E-state index contributed by atoms with van der Waals surface area (Å²) < 4.78 is 13.3. The van der Waals surface area contributed by atoms with Gasteiger partial charge in [-0.25, -0.2) is 0 Å². The van der Waals surface area contributed by atoms with Crippen molar-refractivity contribution < 1.29 is 9.47 Å². The average molecular weight is 267 g/mol. The van der Waals surface area contributed by atoms with Gasteiger partial charge in [-0.1, -0.05) is 0 Å². The van der Waals surface area contributed by atoms with Crippen LogP contribution in [-0.4, -0.2) is 48.8 Å². The lowest BCUT2D eigenvalue weighted by Crippen LogP contribution is -2.55. The summed E-state index contributed by atoms with van der Waals surface area (Å²) in [7, 11) is 3.82. The highest BCUT2D eigenvalue weighted by atomic mass is 16.5. The summed E-state index contributed by atoms with van der Waals surface area (Å²) >= 11 is 0. The van der Waals surface area contributed by atoms with Crippen LogP contribution in [0.1, 0.15) is 25.3 Å². The van der Waals surface area contributed by atoms with E-state index in [4.69, 9.17) is 9.47 Å². The summed E-state index contributed by atoms with van der Waals surface area (Å²) in [5.41, 5.74) is 1.13. The van der Waals surface area contributed by atoms with Crippen molar-refractivity contribution in [2.45, 2.75) is 44.4 Å². The summed E-state index contributed by atoms with van der Waals surface area (Å²) in [5, 5.41) is 7.76. The van der Waals surface area contributed by atoms with Crippen LogP contribution in [-0.2, 0) is 22.4 Å². The number of aryl methyl sites for hydroxylation is 1. The number of methoxy groups -OCH3 is 1. The van der Waals surface area contributed by atoms with Crippen LogP contribution < -0.4 is 5.32 Å². The molecule has 0 spiro atoms. The van der Waals surface area contributed by atoms with E-state index in [1.807, 2.05) is 25.0 Å². The van der Waals surface area contributed by atoms with Gasteiger partial charge in [-0.2, -0.15) is 5.10 Å².